The van der Waals surface area contributed by atoms with Gasteiger partial charge in [0.15, 0.2) is 0 Å². The van der Waals surface area contributed by atoms with Crippen molar-refractivity contribution in [2.45, 2.75) is 43.0 Å². The Morgan fingerprint density at radius 3 is 2.79 bits per heavy atom. The van der Waals surface area contributed by atoms with Crippen molar-refractivity contribution in [2.75, 3.05) is 13.1 Å². The number of sulfonamides is 1. The first-order chi connectivity index (χ1) is 11.2. The maximum Gasteiger partial charge on any atom is 0.240 e. The summed E-state index contributed by atoms with van der Waals surface area (Å²) in [6, 6.07) is 6.03. The van der Waals surface area contributed by atoms with Crippen molar-refractivity contribution in [1.82, 2.24) is 10.0 Å². The van der Waals surface area contributed by atoms with E-state index in [1.54, 1.807) is 12.1 Å². The van der Waals surface area contributed by atoms with Gasteiger partial charge in [-0.3, -0.25) is 4.79 Å². The highest BCUT2D eigenvalue weighted by atomic mass is 35.5. The molecule has 0 spiro atoms. The Morgan fingerprint density at radius 2 is 2.12 bits per heavy atom. The first kappa shape index (κ1) is 19.2. The molecule has 1 fully saturated rings. The number of hydrogen-bond acceptors (Lipinski definition) is 4. The van der Waals surface area contributed by atoms with Gasteiger partial charge in [-0.25, -0.2) is 13.1 Å². The average molecular weight is 374 g/mol. The molecule has 0 saturated heterocycles. The number of nitrogens with two attached hydrogens (primary N) is 1. The highest BCUT2D eigenvalue weighted by molar-refractivity contribution is 7.89. The zero-order chi connectivity index (χ0) is 17.8. The van der Waals surface area contributed by atoms with E-state index in [9.17, 15) is 13.2 Å². The predicted octanol–water partition coefficient (Wildman–Crippen LogP) is 1.64. The summed E-state index contributed by atoms with van der Waals surface area (Å²) in [6.07, 6.45) is 3.63. The van der Waals surface area contributed by atoms with Gasteiger partial charge in [0.1, 0.15) is 0 Å². The van der Waals surface area contributed by atoms with Gasteiger partial charge in [-0.2, -0.15) is 0 Å². The van der Waals surface area contributed by atoms with Crippen molar-refractivity contribution >= 4 is 27.5 Å². The van der Waals surface area contributed by atoms with E-state index in [2.05, 4.69) is 10.0 Å². The van der Waals surface area contributed by atoms with Crippen LogP contribution in [0.25, 0.3) is 0 Å². The summed E-state index contributed by atoms with van der Waals surface area (Å²) >= 11 is 5.81. The first-order valence-electron chi connectivity index (χ1n) is 8.04. The van der Waals surface area contributed by atoms with Gasteiger partial charge in [-0.15, -0.1) is 0 Å². The normalized spacial score (nSPS) is 24.5. The fourth-order valence-electron chi connectivity index (χ4n) is 3.00. The van der Waals surface area contributed by atoms with Crippen molar-refractivity contribution in [3.63, 3.8) is 0 Å². The Hall–Kier alpha value is -1.15. The van der Waals surface area contributed by atoms with Gasteiger partial charge in [0.2, 0.25) is 15.9 Å². The van der Waals surface area contributed by atoms with Crippen LogP contribution in [0.5, 0.6) is 0 Å². The molecule has 0 aromatic heterocycles. The lowest BCUT2D eigenvalue weighted by Crippen LogP contribution is -2.53. The van der Waals surface area contributed by atoms with E-state index in [1.165, 1.54) is 12.1 Å². The quantitative estimate of drug-likeness (QED) is 0.660. The molecule has 6 nitrogen and oxygen atoms in total. The van der Waals surface area contributed by atoms with E-state index in [-0.39, 0.29) is 29.8 Å². The maximum atomic E-state index is 12.3. The fourth-order valence-corrected chi connectivity index (χ4v) is 4.33. The van der Waals surface area contributed by atoms with Crippen LogP contribution < -0.4 is 15.8 Å². The van der Waals surface area contributed by atoms with Gasteiger partial charge in [-0.1, -0.05) is 30.5 Å². The molecule has 2 unspecified atom stereocenters. The molecule has 24 heavy (non-hydrogen) atoms. The highest BCUT2D eigenvalue weighted by Crippen LogP contribution is 2.31. The molecule has 2 atom stereocenters. The number of carbonyl (C=O) groups is 1. The molecule has 0 aliphatic heterocycles. The molecule has 1 aromatic rings. The van der Waals surface area contributed by atoms with Gasteiger partial charge in [0.05, 0.1) is 10.8 Å². The minimum Gasteiger partial charge on any atom is -0.354 e. The molecule has 134 valence electrons. The molecule has 4 N–H and O–H groups in total. The van der Waals surface area contributed by atoms with Crippen LogP contribution in [0.4, 0.5) is 0 Å². The predicted molar refractivity (Wildman–Crippen MR) is 94.2 cm³/mol. The summed E-state index contributed by atoms with van der Waals surface area (Å²) in [5.74, 6) is -0.336. The third kappa shape index (κ3) is 4.92. The van der Waals surface area contributed by atoms with E-state index >= 15 is 0 Å². The zero-order valence-corrected chi connectivity index (χ0v) is 15.3. The van der Waals surface area contributed by atoms with Crippen LogP contribution in [-0.2, 0) is 14.8 Å². The number of rotatable bonds is 6. The Kier molecular flexibility index (Phi) is 6.25. The van der Waals surface area contributed by atoms with Gasteiger partial charge in [0, 0.05) is 23.7 Å². The molecule has 8 heteroatoms. The number of carbonyl (C=O) groups excluding carboxylic acids is 1. The first-order valence-corrected chi connectivity index (χ1v) is 9.90. The number of benzene rings is 1. The van der Waals surface area contributed by atoms with Crippen LogP contribution in [0.1, 0.15) is 32.6 Å². The Morgan fingerprint density at radius 1 is 1.38 bits per heavy atom. The number of halogens is 1. The van der Waals surface area contributed by atoms with Crippen LogP contribution >= 0.6 is 11.6 Å². The smallest absolute Gasteiger partial charge is 0.240 e. The molecular formula is C16H24ClN3O3S. The van der Waals surface area contributed by atoms with Crippen LogP contribution in [0.15, 0.2) is 29.2 Å². The van der Waals surface area contributed by atoms with Crippen molar-refractivity contribution in [1.29, 1.82) is 0 Å². The molecule has 1 aromatic carbocycles. The molecule has 1 aliphatic carbocycles. The van der Waals surface area contributed by atoms with E-state index in [0.717, 1.165) is 25.7 Å². The van der Waals surface area contributed by atoms with Gasteiger partial charge < -0.3 is 11.1 Å². The largest absolute Gasteiger partial charge is 0.354 e. The van der Waals surface area contributed by atoms with Gasteiger partial charge in [0.25, 0.3) is 0 Å². The summed E-state index contributed by atoms with van der Waals surface area (Å²) in [6.45, 7) is 2.22. The third-order valence-corrected chi connectivity index (χ3v) is 6.09. The second-order valence-electron chi connectivity index (χ2n) is 6.45. The van der Waals surface area contributed by atoms with E-state index in [4.69, 9.17) is 17.3 Å². The second-order valence-corrected chi connectivity index (χ2v) is 8.65. The molecular weight excluding hydrogens is 350 g/mol. The topological polar surface area (TPSA) is 101 Å². The lowest BCUT2D eigenvalue weighted by Gasteiger charge is -2.37. The van der Waals surface area contributed by atoms with Crippen molar-refractivity contribution < 1.29 is 13.2 Å². The number of hydrogen-bond donors (Lipinski definition) is 3. The summed E-state index contributed by atoms with van der Waals surface area (Å²) < 4.78 is 26.7. The fraction of sp³-hybridized carbons (Fsp3) is 0.562. The van der Waals surface area contributed by atoms with Crippen LogP contribution in [0.2, 0.25) is 5.02 Å². The van der Waals surface area contributed by atoms with E-state index < -0.39 is 15.6 Å². The molecule has 0 radical (unpaired) electrons. The van der Waals surface area contributed by atoms with Crippen LogP contribution in [0.3, 0.4) is 0 Å². The molecule has 1 saturated carbocycles. The van der Waals surface area contributed by atoms with Crippen molar-refractivity contribution in [3.8, 4) is 0 Å². The SMILES string of the molecule is CC1(N)CCCCC1C(=O)NCCNS(=O)(=O)c1cccc(Cl)c1. The Balaban J connectivity index is 1.83. The number of nitrogens with one attached hydrogen (secondary N) is 2. The van der Waals surface area contributed by atoms with Gasteiger partial charge in [-0.05, 0) is 38.0 Å². The summed E-state index contributed by atoms with van der Waals surface area (Å²) in [5, 5.41) is 3.12. The Labute approximate surface area is 148 Å². The minimum atomic E-state index is -3.64. The van der Waals surface area contributed by atoms with Crippen LogP contribution in [0, 0.1) is 5.92 Å². The average Bonchev–Trinajstić information content (AvgIpc) is 2.51. The lowest BCUT2D eigenvalue weighted by atomic mass is 9.74. The minimum absolute atomic E-state index is 0.100. The lowest BCUT2D eigenvalue weighted by molar-refractivity contribution is -0.128. The standard InChI is InChI=1S/C16H24ClN3O3S/c1-16(18)8-3-2-7-14(16)15(21)19-9-10-20-24(22,23)13-6-4-5-12(17)11-13/h4-6,11,14,20H,2-3,7-10,18H2,1H3,(H,19,21). The van der Waals surface area contributed by atoms with Crippen LogP contribution in [-0.4, -0.2) is 33.0 Å². The summed E-state index contributed by atoms with van der Waals surface area (Å²) in [7, 11) is -3.64. The molecule has 0 heterocycles. The maximum absolute atomic E-state index is 12.3. The van der Waals surface area contributed by atoms with Gasteiger partial charge >= 0.3 is 0 Å². The molecule has 2 rings (SSSR count). The van der Waals surface area contributed by atoms with E-state index in [0.29, 0.717) is 5.02 Å². The van der Waals surface area contributed by atoms with Crippen molar-refractivity contribution in [3.05, 3.63) is 29.3 Å². The van der Waals surface area contributed by atoms with E-state index in [1.807, 2.05) is 6.92 Å². The highest BCUT2D eigenvalue weighted by Gasteiger charge is 2.37. The number of amides is 1. The summed E-state index contributed by atoms with van der Waals surface area (Å²) in [5.41, 5.74) is 5.70. The molecule has 0 bridgehead atoms. The third-order valence-electron chi connectivity index (χ3n) is 4.39. The zero-order valence-electron chi connectivity index (χ0n) is 13.7. The molecule has 1 aliphatic rings. The second kappa shape index (κ2) is 7.82. The molecule has 1 amide bonds. The van der Waals surface area contributed by atoms with Crippen molar-refractivity contribution in [2.24, 2.45) is 11.7 Å². The monoisotopic (exact) mass is 373 g/mol. The summed E-state index contributed by atoms with van der Waals surface area (Å²) in [4.78, 5) is 12.4. The Bertz CT molecular complexity index is 692.